The molecule has 0 aliphatic carbocycles. The Morgan fingerprint density at radius 3 is 2.53 bits per heavy atom. The number of nitrogens with one attached hydrogen (secondary N) is 1. The third-order valence-electron chi connectivity index (χ3n) is 7.09. The third kappa shape index (κ3) is 3.42. The summed E-state index contributed by atoms with van der Waals surface area (Å²) >= 11 is 0. The number of nitrogens with two attached hydrogens (primary N) is 1. The Morgan fingerprint density at radius 1 is 1.00 bits per heavy atom. The topological polar surface area (TPSA) is 93.9 Å². The number of anilines is 1. The van der Waals surface area contributed by atoms with Gasteiger partial charge in [0.25, 0.3) is 0 Å². The largest absolute Gasteiger partial charge is 0.384 e. The van der Waals surface area contributed by atoms with Gasteiger partial charge in [-0.25, -0.2) is 4.98 Å². The standard InChI is InChI=1S/C28H26N4O2/c1-15-11-26(29)31-16(2)20(15)7-8-25(33)18-4-6-22-24(14-18)28-23-13-17(12-19-9-10-30-32-19)3-5-21(23)27(22)34-28/h3-6,9-11,13-14,27-28H,7-8,12H2,1-2H3,(H2,29,31)(H,30,32). The lowest BCUT2D eigenvalue weighted by Crippen LogP contribution is -2.08. The van der Waals surface area contributed by atoms with Crippen molar-refractivity contribution in [3.63, 3.8) is 0 Å². The number of Topliss-reactive ketones (excluding diaryl/α,β-unsaturated/α-hetero) is 1. The molecule has 6 nitrogen and oxygen atoms in total. The highest BCUT2D eigenvalue weighted by Gasteiger charge is 2.42. The number of fused-ring (bicyclic) bond motifs is 8. The summed E-state index contributed by atoms with van der Waals surface area (Å²) < 4.78 is 6.36. The van der Waals surface area contributed by atoms with Crippen LogP contribution in [0.25, 0.3) is 0 Å². The van der Waals surface area contributed by atoms with E-state index in [0.717, 1.165) is 40.1 Å². The minimum Gasteiger partial charge on any atom is -0.384 e. The van der Waals surface area contributed by atoms with E-state index in [4.69, 9.17) is 10.5 Å². The van der Waals surface area contributed by atoms with Crippen molar-refractivity contribution in [2.24, 2.45) is 0 Å². The van der Waals surface area contributed by atoms with Crippen LogP contribution >= 0.6 is 0 Å². The quantitative estimate of drug-likeness (QED) is 0.406. The van der Waals surface area contributed by atoms with Crippen LogP contribution in [-0.2, 0) is 17.6 Å². The summed E-state index contributed by atoms with van der Waals surface area (Å²) in [5.41, 5.74) is 16.7. The molecule has 170 valence electrons. The summed E-state index contributed by atoms with van der Waals surface area (Å²) in [4.78, 5) is 17.5. The Hall–Kier alpha value is -3.77. The van der Waals surface area contributed by atoms with E-state index in [2.05, 4.69) is 39.4 Å². The Bertz CT molecular complexity index is 1400. The van der Waals surface area contributed by atoms with Gasteiger partial charge in [-0.3, -0.25) is 9.89 Å². The van der Waals surface area contributed by atoms with Gasteiger partial charge in [0, 0.05) is 36.0 Å². The summed E-state index contributed by atoms with van der Waals surface area (Å²) in [6.07, 6.45) is 3.50. The Morgan fingerprint density at radius 2 is 1.76 bits per heavy atom. The van der Waals surface area contributed by atoms with Gasteiger partial charge in [-0.15, -0.1) is 0 Å². The number of aromatic nitrogens is 3. The van der Waals surface area contributed by atoms with Crippen LogP contribution < -0.4 is 5.73 Å². The summed E-state index contributed by atoms with van der Waals surface area (Å²) in [7, 11) is 0. The molecule has 6 rings (SSSR count). The SMILES string of the molecule is Cc1cc(N)nc(C)c1CCC(=O)c1ccc2c(c1)C1OC2c2ccc(Cc3ccn[nH]3)cc21. The zero-order chi connectivity index (χ0) is 23.4. The molecule has 0 amide bonds. The van der Waals surface area contributed by atoms with E-state index < -0.39 is 0 Å². The molecule has 6 heteroatoms. The maximum Gasteiger partial charge on any atom is 0.163 e. The lowest BCUT2D eigenvalue weighted by Gasteiger charge is -2.17. The van der Waals surface area contributed by atoms with Crippen LogP contribution in [0.15, 0.2) is 54.7 Å². The number of rotatable bonds is 6. The summed E-state index contributed by atoms with van der Waals surface area (Å²) in [5.74, 6) is 0.654. The van der Waals surface area contributed by atoms with Crippen molar-refractivity contribution < 1.29 is 9.53 Å². The predicted octanol–water partition coefficient (Wildman–Crippen LogP) is 4.93. The molecule has 0 saturated carbocycles. The summed E-state index contributed by atoms with van der Waals surface area (Å²) in [6.45, 7) is 3.97. The number of ether oxygens (including phenoxy) is 1. The molecule has 2 aromatic carbocycles. The van der Waals surface area contributed by atoms with Gasteiger partial charge in [-0.2, -0.15) is 5.10 Å². The lowest BCUT2D eigenvalue weighted by atomic mass is 9.83. The number of benzene rings is 2. The van der Waals surface area contributed by atoms with Gasteiger partial charge in [0.15, 0.2) is 5.78 Å². The number of nitrogens with zero attached hydrogens (tertiary/aromatic N) is 2. The van der Waals surface area contributed by atoms with Crippen LogP contribution in [0, 0.1) is 13.8 Å². The van der Waals surface area contributed by atoms with Gasteiger partial charge >= 0.3 is 0 Å². The number of H-pyrrole nitrogens is 1. The van der Waals surface area contributed by atoms with Crippen molar-refractivity contribution in [2.45, 2.75) is 45.3 Å². The minimum atomic E-state index is -0.116. The van der Waals surface area contributed by atoms with Gasteiger partial charge in [0.1, 0.15) is 18.0 Å². The fourth-order valence-electron chi connectivity index (χ4n) is 5.43. The smallest absolute Gasteiger partial charge is 0.163 e. The molecule has 2 aromatic heterocycles. The van der Waals surface area contributed by atoms with E-state index >= 15 is 0 Å². The van der Waals surface area contributed by atoms with Crippen LogP contribution in [0.5, 0.6) is 0 Å². The first-order valence-corrected chi connectivity index (χ1v) is 11.6. The molecule has 2 unspecified atom stereocenters. The van der Waals surface area contributed by atoms with Crippen molar-refractivity contribution in [3.8, 4) is 0 Å². The van der Waals surface area contributed by atoms with E-state index in [9.17, 15) is 4.79 Å². The van der Waals surface area contributed by atoms with E-state index in [-0.39, 0.29) is 18.0 Å². The highest BCUT2D eigenvalue weighted by Crippen LogP contribution is 2.54. The fourth-order valence-corrected chi connectivity index (χ4v) is 5.43. The second-order valence-electron chi connectivity index (χ2n) is 9.31. The van der Waals surface area contributed by atoms with Gasteiger partial charge in [-0.05, 0) is 77.4 Å². The summed E-state index contributed by atoms with van der Waals surface area (Å²) in [5, 5.41) is 7.07. The zero-order valence-corrected chi connectivity index (χ0v) is 19.3. The number of aromatic amines is 1. The lowest BCUT2D eigenvalue weighted by molar-refractivity contribution is 0.0857. The molecule has 0 spiro atoms. The van der Waals surface area contributed by atoms with Crippen molar-refractivity contribution in [2.75, 3.05) is 5.73 Å². The average Bonchev–Trinajstić information content (AvgIpc) is 3.54. The number of carbonyl (C=O) groups excluding carboxylic acids is 1. The van der Waals surface area contributed by atoms with Crippen LogP contribution in [0.4, 0.5) is 5.82 Å². The molecule has 2 atom stereocenters. The third-order valence-corrected chi connectivity index (χ3v) is 7.09. The van der Waals surface area contributed by atoms with Crippen molar-refractivity contribution in [3.05, 3.63) is 111 Å². The molecule has 2 aliphatic rings. The van der Waals surface area contributed by atoms with Gasteiger partial charge < -0.3 is 10.5 Å². The normalized spacial score (nSPS) is 17.6. The van der Waals surface area contributed by atoms with Crippen LogP contribution in [0.3, 0.4) is 0 Å². The first-order valence-electron chi connectivity index (χ1n) is 11.6. The highest BCUT2D eigenvalue weighted by atomic mass is 16.5. The van der Waals surface area contributed by atoms with Crippen molar-refractivity contribution in [1.29, 1.82) is 0 Å². The molecule has 2 bridgehead atoms. The predicted molar refractivity (Wildman–Crippen MR) is 130 cm³/mol. The van der Waals surface area contributed by atoms with Crippen molar-refractivity contribution >= 4 is 11.6 Å². The number of aryl methyl sites for hydroxylation is 2. The second kappa shape index (κ2) is 7.92. The molecule has 3 N–H and O–H groups in total. The molecule has 2 aliphatic heterocycles. The molecule has 4 aromatic rings. The fraction of sp³-hybridized carbons (Fsp3) is 0.250. The van der Waals surface area contributed by atoms with E-state index in [1.165, 1.54) is 22.3 Å². The maximum absolute atomic E-state index is 13.1. The van der Waals surface area contributed by atoms with E-state index in [0.29, 0.717) is 18.7 Å². The maximum atomic E-state index is 13.1. The monoisotopic (exact) mass is 450 g/mol. The van der Waals surface area contributed by atoms with Gasteiger partial charge in [0.2, 0.25) is 0 Å². The highest BCUT2D eigenvalue weighted by molar-refractivity contribution is 5.96. The molecule has 34 heavy (non-hydrogen) atoms. The first kappa shape index (κ1) is 20.8. The second-order valence-corrected chi connectivity index (χ2v) is 9.31. The number of pyridine rings is 1. The number of carbonyl (C=O) groups is 1. The van der Waals surface area contributed by atoms with Crippen LogP contribution in [0.1, 0.15) is 79.3 Å². The molecule has 0 radical (unpaired) electrons. The minimum absolute atomic E-state index is 0.0495. The van der Waals surface area contributed by atoms with E-state index in [1.54, 1.807) is 6.20 Å². The summed E-state index contributed by atoms with van der Waals surface area (Å²) in [6, 6.07) is 16.5. The van der Waals surface area contributed by atoms with Crippen LogP contribution in [-0.4, -0.2) is 21.0 Å². The number of hydrogen-bond donors (Lipinski definition) is 2. The number of hydrogen-bond acceptors (Lipinski definition) is 5. The Labute approximate surface area is 198 Å². The molecular formula is C28H26N4O2. The van der Waals surface area contributed by atoms with Crippen molar-refractivity contribution in [1.82, 2.24) is 15.2 Å². The molecule has 0 saturated heterocycles. The van der Waals surface area contributed by atoms with Gasteiger partial charge in [-0.1, -0.05) is 30.3 Å². The Kier molecular flexibility index (Phi) is 4.85. The van der Waals surface area contributed by atoms with Crippen LogP contribution in [0.2, 0.25) is 0 Å². The first-order chi connectivity index (χ1) is 16.5. The number of nitrogen functional groups attached to an aromatic ring is 1. The molecule has 0 fully saturated rings. The number of ketones is 1. The Balaban J connectivity index is 1.23. The zero-order valence-electron chi connectivity index (χ0n) is 19.3. The van der Waals surface area contributed by atoms with Gasteiger partial charge in [0.05, 0.1) is 0 Å². The van der Waals surface area contributed by atoms with E-state index in [1.807, 2.05) is 38.1 Å². The molecular weight excluding hydrogens is 424 g/mol. The molecule has 4 heterocycles. The average molecular weight is 451 g/mol.